The second-order valence-electron chi connectivity index (χ2n) is 6.54. The SMILES string of the molecule is COc1ncccc1C#CCNC(=O)OCC1c2ccccc2-c2ccccc21. The van der Waals surface area contributed by atoms with E-state index in [-0.39, 0.29) is 19.1 Å². The number of nitrogens with one attached hydrogen (secondary N) is 1. The molecule has 1 aliphatic rings. The quantitative estimate of drug-likeness (QED) is 0.691. The summed E-state index contributed by atoms with van der Waals surface area (Å²) in [5.74, 6) is 6.32. The number of amides is 1. The highest BCUT2D eigenvalue weighted by molar-refractivity contribution is 5.79. The van der Waals surface area contributed by atoms with Crippen LogP contribution < -0.4 is 10.1 Å². The van der Waals surface area contributed by atoms with Crippen molar-refractivity contribution < 1.29 is 14.3 Å². The third-order valence-corrected chi connectivity index (χ3v) is 4.85. The summed E-state index contributed by atoms with van der Waals surface area (Å²) in [4.78, 5) is 16.2. The van der Waals surface area contributed by atoms with E-state index in [2.05, 4.69) is 46.4 Å². The van der Waals surface area contributed by atoms with Crippen LogP contribution in [0.1, 0.15) is 22.6 Å². The van der Waals surface area contributed by atoms with E-state index in [9.17, 15) is 4.79 Å². The molecule has 1 amide bonds. The topological polar surface area (TPSA) is 60.5 Å². The van der Waals surface area contributed by atoms with Crippen molar-refractivity contribution in [2.45, 2.75) is 5.92 Å². The number of rotatable bonds is 4. The van der Waals surface area contributed by atoms with Gasteiger partial charge >= 0.3 is 6.09 Å². The van der Waals surface area contributed by atoms with Crippen LogP contribution in [0.3, 0.4) is 0 Å². The molecule has 1 N–H and O–H groups in total. The van der Waals surface area contributed by atoms with Crippen LogP contribution in [0.2, 0.25) is 0 Å². The molecule has 144 valence electrons. The number of carbonyl (C=O) groups excluding carboxylic acids is 1. The Morgan fingerprint density at radius 3 is 2.41 bits per heavy atom. The standard InChI is InChI=1S/C24H20N2O3/c1-28-23-17(8-6-14-25-23)9-7-15-26-24(27)29-16-22-20-12-4-2-10-18(20)19-11-3-5-13-21(19)22/h2-6,8,10-14,22H,15-16H2,1H3,(H,26,27). The van der Waals surface area contributed by atoms with Crippen LogP contribution >= 0.6 is 0 Å². The predicted molar refractivity (Wildman–Crippen MR) is 111 cm³/mol. The van der Waals surface area contributed by atoms with Gasteiger partial charge in [-0.05, 0) is 34.4 Å². The first-order chi connectivity index (χ1) is 14.3. The van der Waals surface area contributed by atoms with Crippen LogP contribution in [-0.2, 0) is 4.74 Å². The van der Waals surface area contributed by atoms with Gasteiger partial charge in [0.25, 0.3) is 0 Å². The van der Waals surface area contributed by atoms with Crippen LogP contribution in [0.4, 0.5) is 4.79 Å². The van der Waals surface area contributed by atoms with Crippen LogP contribution in [0.5, 0.6) is 5.88 Å². The number of benzene rings is 2. The first kappa shape index (κ1) is 18.6. The van der Waals surface area contributed by atoms with E-state index in [1.165, 1.54) is 22.3 Å². The lowest BCUT2D eigenvalue weighted by Gasteiger charge is -2.14. The number of alkyl carbamates (subject to hydrolysis) is 1. The monoisotopic (exact) mass is 384 g/mol. The van der Waals surface area contributed by atoms with Crippen molar-refractivity contribution in [3.05, 3.63) is 83.6 Å². The minimum Gasteiger partial charge on any atom is -0.480 e. The zero-order valence-electron chi connectivity index (χ0n) is 16.0. The van der Waals surface area contributed by atoms with Crippen LogP contribution in [-0.4, -0.2) is 31.3 Å². The van der Waals surface area contributed by atoms with Gasteiger partial charge in [-0.1, -0.05) is 60.4 Å². The Labute approximate surface area is 169 Å². The van der Waals surface area contributed by atoms with Crippen molar-refractivity contribution in [3.63, 3.8) is 0 Å². The average molecular weight is 384 g/mol. The molecule has 0 radical (unpaired) electrons. The van der Waals surface area contributed by atoms with Gasteiger partial charge in [0.2, 0.25) is 5.88 Å². The molecule has 1 aromatic heterocycles. The van der Waals surface area contributed by atoms with Crippen molar-refractivity contribution >= 4 is 6.09 Å². The molecule has 0 unspecified atom stereocenters. The normalized spacial score (nSPS) is 11.6. The zero-order valence-corrected chi connectivity index (χ0v) is 16.0. The third kappa shape index (κ3) is 3.92. The summed E-state index contributed by atoms with van der Waals surface area (Å²) in [5.41, 5.74) is 5.45. The number of aromatic nitrogens is 1. The summed E-state index contributed by atoms with van der Waals surface area (Å²) in [6.45, 7) is 0.457. The number of ether oxygens (including phenoxy) is 2. The van der Waals surface area contributed by atoms with Gasteiger partial charge in [-0.2, -0.15) is 0 Å². The lowest BCUT2D eigenvalue weighted by molar-refractivity contribution is 0.144. The summed E-state index contributed by atoms with van der Waals surface area (Å²) in [5, 5.41) is 2.67. The summed E-state index contributed by atoms with van der Waals surface area (Å²) in [6, 6.07) is 20.1. The molecule has 0 atom stereocenters. The highest BCUT2D eigenvalue weighted by atomic mass is 16.5. The molecule has 5 heteroatoms. The van der Waals surface area contributed by atoms with Gasteiger partial charge in [-0.25, -0.2) is 9.78 Å². The van der Waals surface area contributed by atoms with E-state index in [1.807, 2.05) is 30.3 Å². The molecule has 1 aliphatic carbocycles. The van der Waals surface area contributed by atoms with Crippen LogP contribution in [0.25, 0.3) is 11.1 Å². The average Bonchev–Trinajstić information content (AvgIpc) is 3.09. The Bertz CT molecular complexity index is 1050. The number of carbonyl (C=O) groups is 1. The fraction of sp³-hybridized carbons (Fsp3) is 0.167. The molecule has 5 nitrogen and oxygen atoms in total. The maximum atomic E-state index is 12.1. The van der Waals surface area contributed by atoms with E-state index >= 15 is 0 Å². The molecule has 3 aromatic rings. The zero-order chi connectivity index (χ0) is 20.1. The molecular formula is C24H20N2O3. The Balaban J connectivity index is 1.36. The molecule has 0 spiro atoms. The third-order valence-electron chi connectivity index (χ3n) is 4.85. The number of nitrogens with zero attached hydrogens (tertiary/aromatic N) is 1. The maximum absolute atomic E-state index is 12.1. The Morgan fingerprint density at radius 1 is 1.03 bits per heavy atom. The molecule has 29 heavy (non-hydrogen) atoms. The van der Waals surface area contributed by atoms with Crippen LogP contribution in [0.15, 0.2) is 66.9 Å². The van der Waals surface area contributed by atoms with E-state index in [0.29, 0.717) is 11.4 Å². The van der Waals surface area contributed by atoms with Crippen molar-refractivity contribution in [1.82, 2.24) is 10.3 Å². The summed E-state index contributed by atoms with van der Waals surface area (Å²) < 4.78 is 10.6. The Hall–Kier alpha value is -3.78. The number of methoxy groups -OCH3 is 1. The van der Waals surface area contributed by atoms with Crippen molar-refractivity contribution in [1.29, 1.82) is 0 Å². The van der Waals surface area contributed by atoms with Crippen molar-refractivity contribution in [2.24, 2.45) is 0 Å². The Kier molecular flexibility index (Phi) is 5.44. The highest BCUT2D eigenvalue weighted by Gasteiger charge is 2.28. The molecule has 2 aromatic carbocycles. The van der Waals surface area contributed by atoms with E-state index in [0.717, 1.165) is 0 Å². The van der Waals surface area contributed by atoms with E-state index < -0.39 is 6.09 Å². The number of pyridine rings is 1. The van der Waals surface area contributed by atoms with E-state index in [4.69, 9.17) is 9.47 Å². The minimum atomic E-state index is -0.487. The largest absolute Gasteiger partial charge is 0.480 e. The summed E-state index contributed by atoms with van der Waals surface area (Å²) in [7, 11) is 1.54. The second kappa shape index (κ2) is 8.49. The summed E-state index contributed by atoms with van der Waals surface area (Å²) in [6.07, 6.45) is 1.15. The number of hydrogen-bond donors (Lipinski definition) is 1. The minimum absolute atomic E-state index is 0.0406. The highest BCUT2D eigenvalue weighted by Crippen LogP contribution is 2.44. The lowest BCUT2D eigenvalue weighted by Crippen LogP contribution is -2.26. The lowest BCUT2D eigenvalue weighted by atomic mass is 9.98. The van der Waals surface area contributed by atoms with Gasteiger partial charge in [0.05, 0.1) is 19.2 Å². The smallest absolute Gasteiger partial charge is 0.407 e. The van der Waals surface area contributed by atoms with Gasteiger partial charge in [0, 0.05) is 12.1 Å². The van der Waals surface area contributed by atoms with Gasteiger partial charge in [-0.3, -0.25) is 0 Å². The molecule has 0 bridgehead atoms. The fourth-order valence-corrected chi connectivity index (χ4v) is 3.55. The second-order valence-corrected chi connectivity index (χ2v) is 6.54. The van der Waals surface area contributed by atoms with Gasteiger partial charge in [-0.15, -0.1) is 0 Å². The van der Waals surface area contributed by atoms with E-state index in [1.54, 1.807) is 19.4 Å². The van der Waals surface area contributed by atoms with Gasteiger partial charge in [0.1, 0.15) is 6.61 Å². The Morgan fingerprint density at radius 2 is 1.72 bits per heavy atom. The molecule has 0 fully saturated rings. The molecular weight excluding hydrogens is 364 g/mol. The number of hydrogen-bond acceptors (Lipinski definition) is 4. The van der Waals surface area contributed by atoms with Crippen molar-refractivity contribution in [3.8, 4) is 28.8 Å². The molecule has 0 saturated heterocycles. The van der Waals surface area contributed by atoms with Gasteiger partial charge < -0.3 is 14.8 Å². The molecule has 4 rings (SSSR count). The predicted octanol–water partition coefficient (Wildman–Crippen LogP) is 3.98. The maximum Gasteiger partial charge on any atom is 0.407 e. The molecule has 1 heterocycles. The number of fused-ring (bicyclic) bond motifs is 3. The molecule has 0 aliphatic heterocycles. The fourth-order valence-electron chi connectivity index (χ4n) is 3.55. The first-order valence-electron chi connectivity index (χ1n) is 9.34. The summed E-state index contributed by atoms with van der Waals surface area (Å²) >= 11 is 0. The molecule has 0 saturated carbocycles. The van der Waals surface area contributed by atoms with Crippen LogP contribution in [0, 0.1) is 11.8 Å². The van der Waals surface area contributed by atoms with Gasteiger partial charge in [0.15, 0.2) is 0 Å². The van der Waals surface area contributed by atoms with Crippen molar-refractivity contribution in [2.75, 3.05) is 20.3 Å². The first-order valence-corrected chi connectivity index (χ1v) is 9.34.